The first-order chi connectivity index (χ1) is 11.8. The predicted octanol–water partition coefficient (Wildman–Crippen LogP) is -0.171. The standard InChI is InChI=1S/C16H22N2O6/c19-6-8-23-10-12-24-11-9-22-7-5-17-18-15(20)13-3-1-2-4-14(13)16(18)21/h1-4,17,19H,5-12H2. The fraction of sp³-hybridized carbons (Fsp3) is 0.500. The van der Waals surface area contributed by atoms with Crippen LogP contribution in [0.5, 0.6) is 0 Å². The number of rotatable bonds is 12. The van der Waals surface area contributed by atoms with Crippen LogP contribution in [-0.4, -0.2) is 74.7 Å². The lowest BCUT2D eigenvalue weighted by atomic mass is 10.1. The summed E-state index contributed by atoms with van der Waals surface area (Å²) >= 11 is 0. The highest BCUT2D eigenvalue weighted by molar-refractivity contribution is 6.20. The van der Waals surface area contributed by atoms with E-state index in [1.807, 2.05) is 0 Å². The van der Waals surface area contributed by atoms with Crippen molar-refractivity contribution in [2.75, 3.05) is 52.8 Å². The van der Waals surface area contributed by atoms with Crippen LogP contribution >= 0.6 is 0 Å². The molecular weight excluding hydrogens is 316 g/mol. The fourth-order valence-electron chi connectivity index (χ4n) is 2.17. The van der Waals surface area contributed by atoms with Gasteiger partial charge in [-0.25, -0.2) is 10.4 Å². The average Bonchev–Trinajstić information content (AvgIpc) is 2.84. The van der Waals surface area contributed by atoms with E-state index in [1.54, 1.807) is 24.3 Å². The van der Waals surface area contributed by atoms with Gasteiger partial charge < -0.3 is 19.3 Å². The third-order valence-corrected chi connectivity index (χ3v) is 3.29. The Hall–Kier alpha value is -1.84. The number of amides is 2. The molecule has 1 aromatic rings. The number of hydrogen-bond donors (Lipinski definition) is 2. The summed E-state index contributed by atoms with van der Waals surface area (Å²) in [7, 11) is 0. The van der Waals surface area contributed by atoms with E-state index in [2.05, 4.69) is 5.43 Å². The number of fused-ring (bicyclic) bond motifs is 1. The first kappa shape index (κ1) is 18.5. The summed E-state index contributed by atoms with van der Waals surface area (Å²) in [6, 6.07) is 6.72. The summed E-state index contributed by atoms with van der Waals surface area (Å²) in [5, 5.41) is 9.53. The van der Waals surface area contributed by atoms with Gasteiger partial charge in [0, 0.05) is 6.54 Å². The van der Waals surface area contributed by atoms with Crippen molar-refractivity contribution in [1.82, 2.24) is 10.4 Å². The Kier molecular flexibility index (Phi) is 7.80. The van der Waals surface area contributed by atoms with Gasteiger partial charge in [-0.1, -0.05) is 12.1 Å². The highest BCUT2D eigenvalue weighted by atomic mass is 16.5. The van der Waals surface area contributed by atoms with Crippen molar-refractivity contribution in [2.24, 2.45) is 0 Å². The Morgan fingerprint density at radius 2 is 1.33 bits per heavy atom. The zero-order valence-corrected chi connectivity index (χ0v) is 13.4. The number of aliphatic hydroxyl groups is 1. The number of carbonyl (C=O) groups is 2. The van der Waals surface area contributed by atoms with Gasteiger partial charge in [-0.05, 0) is 12.1 Å². The molecule has 1 heterocycles. The van der Waals surface area contributed by atoms with Crippen LogP contribution in [0.15, 0.2) is 24.3 Å². The van der Waals surface area contributed by atoms with Gasteiger partial charge >= 0.3 is 0 Å². The van der Waals surface area contributed by atoms with Crippen LogP contribution in [0.25, 0.3) is 0 Å². The van der Waals surface area contributed by atoms with Gasteiger partial charge in [-0.2, -0.15) is 0 Å². The highest BCUT2D eigenvalue weighted by Crippen LogP contribution is 2.20. The molecule has 2 amide bonds. The van der Waals surface area contributed by atoms with Crippen molar-refractivity contribution in [3.63, 3.8) is 0 Å². The molecule has 0 saturated carbocycles. The number of hydrazine groups is 1. The quantitative estimate of drug-likeness (QED) is 0.403. The van der Waals surface area contributed by atoms with Crippen LogP contribution in [0.3, 0.4) is 0 Å². The third kappa shape index (κ3) is 5.08. The van der Waals surface area contributed by atoms with Gasteiger partial charge in [0.25, 0.3) is 11.8 Å². The van der Waals surface area contributed by atoms with Gasteiger partial charge in [0.1, 0.15) is 0 Å². The van der Waals surface area contributed by atoms with Crippen LogP contribution in [0, 0.1) is 0 Å². The lowest BCUT2D eigenvalue weighted by Gasteiger charge is -2.15. The highest BCUT2D eigenvalue weighted by Gasteiger charge is 2.34. The van der Waals surface area contributed by atoms with Crippen LogP contribution in [-0.2, 0) is 14.2 Å². The molecule has 0 aromatic heterocycles. The van der Waals surface area contributed by atoms with E-state index in [1.165, 1.54) is 0 Å². The Bertz CT molecular complexity index is 516. The molecule has 8 heteroatoms. The van der Waals surface area contributed by atoms with Crippen LogP contribution in [0.2, 0.25) is 0 Å². The second-order valence-electron chi connectivity index (χ2n) is 4.96. The smallest absolute Gasteiger partial charge is 0.276 e. The fourth-order valence-corrected chi connectivity index (χ4v) is 2.17. The minimum Gasteiger partial charge on any atom is -0.394 e. The SMILES string of the molecule is O=C1c2ccccc2C(=O)N1NCCOCCOCCOCCO. The van der Waals surface area contributed by atoms with Gasteiger partial charge in [0.05, 0.1) is 57.4 Å². The zero-order chi connectivity index (χ0) is 17.2. The monoisotopic (exact) mass is 338 g/mol. The summed E-state index contributed by atoms with van der Waals surface area (Å²) in [5.74, 6) is -0.691. The van der Waals surface area contributed by atoms with Crippen molar-refractivity contribution < 1.29 is 28.9 Å². The van der Waals surface area contributed by atoms with E-state index >= 15 is 0 Å². The Balaban J connectivity index is 1.53. The molecule has 1 aromatic carbocycles. The number of imide groups is 1. The molecule has 1 aliphatic rings. The molecule has 1 aliphatic heterocycles. The summed E-state index contributed by atoms with van der Waals surface area (Å²) in [4.78, 5) is 24.1. The van der Waals surface area contributed by atoms with Gasteiger partial charge in [-0.3, -0.25) is 9.59 Å². The Morgan fingerprint density at radius 3 is 1.88 bits per heavy atom. The maximum absolute atomic E-state index is 12.1. The molecule has 0 unspecified atom stereocenters. The molecule has 0 spiro atoms. The van der Waals surface area contributed by atoms with Crippen LogP contribution < -0.4 is 5.43 Å². The molecule has 0 fully saturated rings. The lowest BCUT2D eigenvalue weighted by Crippen LogP contribution is -2.44. The third-order valence-electron chi connectivity index (χ3n) is 3.29. The number of hydrogen-bond acceptors (Lipinski definition) is 7. The summed E-state index contributed by atoms with van der Waals surface area (Å²) in [5.41, 5.74) is 3.60. The maximum atomic E-state index is 12.1. The predicted molar refractivity (Wildman–Crippen MR) is 84.5 cm³/mol. The Labute approximate surface area is 140 Å². The van der Waals surface area contributed by atoms with Crippen molar-refractivity contribution in [2.45, 2.75) is 0 Å². The lowest BCUT2D eigenvalue weighted by molar-refractivity contribution is 0.00651. The maximum Gasteiger partial charge on any atom is 0.276 e. The van der Waals surface area contributed by atoms with E-state index in [0.717, 1.165) is 5.01 Å². The number of ether oxygens (including phenoxy) is 3. The second kappa shape index (κ2) is 10.1. The molecule has 24 heavy (non-hydrogen) atoms. The molecule has 0 radical (unpaired) electrons. The molecular formula is C16H22N2O6. The van der Waals surface area contributed by atoms with E-state index in [9.17, 15) is 9.59 Å². The summed E-state index contributed by atoms with van der Waals surface area (Å²) in [6.45, 7) is 2.70. The van der Waals surface area contributed by atoms with Crippen molar-refractivity contribution >= 4 is 11.8 Å². The van der Waals surface area contributed by atoms with Gasteiger partial charge in [0.15, 0.2) is 0 Å². The number of nitrogens with zero attached hydrogens (tertiary/aromatic N) is 1. The molecule has 2 rings (SSSR count). The molecule has 0 bridgehead atoms. The van der Waals surface area contributed by atoms with Gasteiger partial charge in [0.2, 0.25) is 0 Å². The number of carbonyl (C=O) groups excluding carboxylic acids is 2. The van der Waals surface area contributed by atoms with E-state index in [0.29, 0.717) is 57.3 Å². The van der Waals surface area contributed by atoms with Crippen molar-refractivity contribution in [3.05, 3.63) is 35.4 Å². The Morgan fingerprint density at radius 1 is 0.833 bits per heavy atom. The minimum atomic E-state index is -0.346. The number of nitrogens with one attached hydrogen (secondary N) is 1. The molecule has 8 nitrogen and oxygen atoms in total. The molecule has 132 valence electrons. The molecule has 0 atom stereocenters. The minimum absolute atomic E-state index is 0.00319. The van der Waals surface area contributed by atoms with Crippen LogP contribution in [0.4, 0.5) is 0 Å². The van der Waals surface area contributed by atoms with E-state index in [-0.39, 0.29) is 18.4 Å². The summed E-state index contributed by atoms with van der Waals surface area (Å²) < 4.78 is 15.7. The molecule has 0 saturated heterocycles. The van der Waals surface area contributed by atoms with Gasteiger partial charge in [-0.15, -0.1) is 0 Å². The van der Waals surface area contributed by atoms with E-state index in [4.69, 9.17) is 19.3 Å². The zero-order valence-electron chi connectivity index (χ0n) is 13.4. The van der Waals surface area contributed by atoms with Crippen molar-refractivity contribution in [1.29, 1.82) is 0 Å². The topological polar surface area (TPSA) is 97.3 Å². The second-order valence-corrected chi connectivity index (χ2v) is 4.96. The summed E-state index contributed by atoms with van der Waals surface area (Å²) in [6.07, 6.45) is 0. The number of aliphatic hydroxyl groups excluding tert-OH is 1. The van der Waals surface area contributed by atoms with E-state index < -0.39 is 0 Å². The number of benzene rings is 1. The first-order valence-electron chi connectivity index (χ1n) is 7.81. The first-order valence-corrected chi connectivity index (χ1v) is 7.81. The van der Waals surface area contributed by atoms with Crippen LogP contribution in [0.1, 0.15) is 20.7 Å². The molecule has 2 N–H and O–H groups in total. The van der Waals surface area contributed by atoms with Crippen molar-refractivity contribution in [3.8, 4) is 0 Å². The normalized spacial score (nSPS) is 13.6. The average molecular weight is 338 g/mol. The molecule has 0 aliphatic carbocycles. The largest absolute Gasteiger partial charge is 0.394 e.